The molecule has 0 heterocycles. The molecule has 0 aromatic carbocycles. The SMILES string of the molecule is CN(C)C(=O)O[C@H]1C=CC2C3CCC(C3)C21. The van der Waals surface area contributed by atoms with E-state index in [2.05, 4.69) is 12.2 Å². The Bertz CT molecular complexity index is 337. The molecule has 0 N–H and O–H groups in total. The predicted molar refractivity (Wildman–Crippen MR) is 60.9 cm³/mol. The molecule has 88 valence electrons. The number of carbonyl (C=O) groups excluding carboxylic acids is 1. The molecule has 0 saturated heterocycles. The Hall–Kier alpha value is -0.990. The lowest BCUT2D eigenvalue weighted by molar-refractivity contribution is 0.0491. The molecule has 0 radical (unpaired) electrons. The molecule has 3 rings (SSSR count). The molecule has 0 spiro atoms. The topological polar surface area (TPSA) is 29.5 Å². The average Bonchev–Trinajstić information content (AvgIpc) is 2.88. The fourth-order valence-electron chi connectivity index (χ4n) is 3.86. The van der Waals surface area contributed by atoms with Crippen LogP contribution in [0, 0.1) is 23.7 Å². The number of fused-ring (bicyclic) bond motifs is 5. The predicted octanol–water partition coefficient (Wildman–Crippen LogP) is 2.29. The molecule has 3 nitrogen and oxygen atoms in total. The van der Waals surface area contributed by atoms with Gasteiger partial charge in [0.05, 0.1) is 0 Å². The van der Waals surface area contributed by atoms with Crippen LogP contribution in [0.4, 0.5) is 4.79 Å². The maximum absolute atomic E-state index is 11.6. The summed E-state index contributed by atoms with van der Waals surface area (Å²) in [6, 6.07) is 0. The molecule has 5 atom stereocenters. The van der Waals surface area contributed by atoms with Gasteiger partial charge >= 0.3 is 6.09 Å². The van der Waals surface area contributed by atoms with Crippen LogP contribution in [-0.2, 0) is 4.74 Å². The quantitative estimate of drug-likeness (QED) is 0.636. The van der Waals surface area contributed by atoms with Gasteiger partial charge in [-0.3, -0.25) is 0 Å². The first kappa shape index (κ1) is 10.2. The minimum Gasteiger partial charge on any atom is -0.442 e. The van der Waals surface area contributed by atoms with E-state index >= 15 is 0 Å². The van der Waals surface area contributed by atoms with Gasteiger partial charge in [-0.05, 0) is 43.1 Å². The van der Waals surface area contributed by atoms with Gasteiger partial charge in [-0.25, -0.2) is 4.79 Å². The largest absolute Gasteiger partial charge is 0.442 e. The molecule has 3 heteroatoms. The van der Waals surface area contributed by atoms with Crippen molar-refractivity contribution in [3.63, 3.8) is 0 Å². The Morgan fingerprint density at radius 1 is 1.25 bits per heavy atom. The van der Waals surface area contributed by atoms with Crippen LogP contribution in [0.25, 0.3) is 0 Å². The lowest BCUT2D eigenvalue weighted by atomic mass is 9.80. The maximum Gasteiger partial charge on any atom is 0.409 e. The monoisotopic (exact) mass is 221 g/mol. The number of ether oxygens (including phenoxy) is 1. The Balaban J connectivity index is 1.70. The van der Waals surface area contributed by atoms with Crippen molar-refractivity contribution in [2.75, 3.05) is 14.1 Å². The Morgan fingerprint density at radius 2 is 2.00 bits per heavy atom. The van der Waals surface area contributed by atoms with Crippen molar-refractivity contribution < 1.29 is 9.53 Å². The summed E-state index contributed by atoms with van der Waals surface area (Å²) in [5.74, 6) is 2.95. The zero-order chi connectivity index (χ0) is 11.3. The van der Waals surface area contributed by atoms with Crippen molar-refractivity contribution in [3.05, 3.63) is 12.2 Å². The summed E-state index contributed by atoms with van der Waals surface area (Å²) >= 11 is 0. The van der Waals surface area contributed by atoms with Gasteiger partial charge < -0.3 is 9.64 Å². The summed E-state index contributed by atoms with van der Waals surface area (Å²) in [6.07, 6.45) is 8.31. The summed E-state index contributed by atoms with van der Waals surface area (Å²) in [5.41, 5.74) is 0. The van der Waals surface area contributed by atoms with Crippen molar-refractivity contribution in [3.8, 4) is 0 Å². The average molecular weight is 221 g/mol. The first-order valence-corrected chi connectivity index (χ1v) is 6.23. The Labute approximate surface area is 96.4 Å². The molecular weight excluding hydrogens is 202 g/mol. The number of hydrogen-bond acceptors (Lipinski definition) is 2. The van der Waals surface area contributed by atoms with Crippen molar-refractivity contribution in [1.82, 2.24) is 4.90 Å². The first-order valence-electron chi connectivity index (χ1n) is 6.23. The van der Waals surface area contributed by atoms with Crippen LogP contribution in [0.15, 0.2) is 12.2 Å². The van der Waals surface area contributed by atoms with Crippen LogP contribution >= 0.6 is 0 Å². The lowest BCUT2D eigenvalue weighted by Gasteiger charge is -2.29. The van der Waals surface area contributed by atoms with Crippen molar-refractivity contribution in [1.29, 1.82) is 0 Å². The number of allylic oxidation sites excluding steroid dienone is 1. The maximum atomic E-state index is 11.6. The molecule has 4 unspecified atom stereocenters. The minimum atomic E-state index is -0.210. The third kappa shape index (κ3) is 1.37. The van der Waals surface area contributed by atoms with Gasteiger partial charge in [-0.2, -0.15) is 0 Å². The van der Waals surface area contributed by atoms with Crippen molar-refractivity contribution >= 4 is 6.09 Å². The van der Waals surface area contributed by atoms with E-state index in [1.165, 1.54) is 24.2 Å². The Morgan fingerprint density at radius 3 is 2.75 bits per heavy atom. The van der Waals surface area contributed by atoms with E-state index in [0.29, 0.717) is 11.8 Å². The summed E-state index contributed by atoms with van der Waals surface area (Å²) < 4.78 is 5.54. The molecule has 0 aliphatic heterocycles. The van der Waals surface area contributed by atoms with E-state index in [9.17, 15) is 4.79 Å². The van der Waals surface area contributed by atoms with Crippen LogP contribution in [0.5, 0.6) is 0 Å². The summed E-state index contributed by atoms with van der Waals surface area (Å²) in [5, 5.41) is 0. The lowest BCUT2D eigenvalue weighted by Crippen LogP contribution is -2.33. The fraction of sp³-hybridized carbons (Fsp3) is 0.769. The third-order valence-corrected chi connectivity index (χ3v) is 4.55. The van der Waals surface area contributed by atoms with Crippen LogP contribution in [-0.4, -0.2) is 31.2 Å². The van der Waals surface area contributed by atoms with E-state index in [-0.39, 0.29) is 12.2 Å². The highest BCUT2D eigenvalue weighted by Gasteiger charge is 2.52. The molecule has 1 amide bonds. The molecule has 3 aliphatic carbocycles. The fourth-order valence-corrected chi connectivity index (χ4v) is 3.86. The van der Waals surface area contributed by atoms with Crippen LogP contribution in [0.1, 0.15) is 19.3 Å². The van der Waals surface area contributed by atoms with Crippen molar-refractivity contribution in [2.24, 2.45) is 23.7 Å². The molecule has 2 bridgehead atoms. The molecule has 3 aliphatic rings. The highest BCUT2D eigenvalue weighted by Crippen LogP contribution is 2.56. The number of rotatable bonds is 1. The normalized spacial score (nSPS) is 43.5. The highest BCUT2D eigenvalue weighted by molar-refractivity contribution is 5.67. The van der Waals surface area contributed by atoms with E-state index in [4.69, 9.17) is 4.74 Å². The number of nitrogens with zero attached hydrogens (tertiary/aromatic N) is 1. The van der Waals surface area contributed by atoms with Crippen molar-refractivity contribution in [2.45, 2.75) is 25.4 Å². The first-order chi connectivity index (χ1) is 7.66. The van der Waals surface area contributed by atoms with Crippen LogP contribution < -0.4 is 0 Å². The third-order valence-electron chi connectivity index (χ3n) is 4.55. The molecule has 0 aromatic heterocycles. The summed E-state index contributed by atoms with van der Waals surface area (Å²) in [6.45, 7) is 0. The second-order valence-corrected chi connectivity index (χ2v) is 5.62. The Kier molecular flexibility index (Phi) is 2.23. The van der Waals surface area contributed by atoms with Gasteiger partial charge in [0.25, 0.3) is 0 Å². The minimum absolute atomic E-state index is 0.0372. The van der Waals surface area contributed by atoms with Gasteiger partial charge in [0.2, 0.25) is 0 Å². The second-order valence-electron chi connectivity index (χ2n) is 5.62. The number of carbonyl (C=O) groups is 1. The molecule has 16 heavy (non-hydrogen) atoms. The number of hydrogen-bond donors (Lipinski definition) is 0. The molecule has 2 fully saturated rings. The van der Waals surface area contributed by atoms with Gasteiger partial charge in [-0.1, -0.05) is 6.08 Å². The summed E-state index contributed by atoms with van der Waals surface area (Å²) in [4.78, 5) is 13.1. The standard InChI is InChI=1S/C13H19NO2/c1-14(2)13(15)16-11-6-5-10-8-3-4-9(7-8)12(10)11/h5-6,8-12H,3-4,7H2,1-2H3/t8?,9?,10?,11-,12?/m0/s1. The van der Waals surface area contributed by atoms with Crippen LogP contribution in [0.2, 0.25) is 0 Å². The molecule has 0 aromatic rings. The smallest absolute Gasteiger partial charge is 0.409 e. The number of amides is 1. The second kappa shape index (κ2) is 3.51. The van der Waals surface area contributed by atoms with E-state index < -0.39 is 0 Å². The zero-order valence-electron chi connectivity index (χ0n) is 9.93. The van der Waals surface area contributed by atoms with Gasteiger partial charge in [0.15, 0.2) is 0 Å². The van der Waals surface area contributed by atoms with Gasteiger partial charge in [0, 0.05) is 20.0 Å². The summed E-state index contributed by atoms with van der Waals surface area (Å²) in [7, 11) is 3.47. The molecular formula is C13H19NO2. The molecule has 2 saturated carbocycles. The van der Waals surface area contributed by atoms with E-state index in [1.807, 2.05) is 0 Å². The van der Waals surface area contributed by atoms with E-state index in [1.54, 1.807) is 14.1 Å². The van der Waals surface area contributed by atoms with Gasteiger partial charge in [0.1, 0.15) is 6.10 Å². The van der Waals surface area contributed by atoms with Gasteiger partial charge in [-0.15, -0.1) is 0 Å². The highest BCUT2D eigenvalue weighted by atomic mass is 16.6. The zero-order valence-corrected chi connectivity index (χ0v) is 9.93. The van der Waals surface area contributed by atoms with Crippen LogP contribution in [0.3, 0.4) is 0 Å². The van der Waals surface area contributed by atoms with E-state index in [0.717, 1.165) is 11.8 Å².